The highest BCUT2D eigenvalue weighted by atomic mass is 32.2. The van der Waals surface area contributed by atoms with E-state index in [-0.39, 0.29) is 42.5 Å². The van der Waals surface area contributed by atoms with Gasteiger partial charge in [-0.05, 0) is 36.8 Å². The predicted molar refractivity (Wildman–Crippen MR) is 96.6 cm³/mol. The average Bonchev–Trinajstić information content (AvgIpc) is 2.68. The molecule has 1 saturated heterocycles. The van der Waals surface area contributed by atoms with Gasteiger partial charge < -0.3 is 14.8 Å². The van der Waals surface area contributed by atoms with Crippen LogP contribution in [0.15, 0.2) is 53.4 Å². The highest BCUT2D eigenvalue weighted by molar-refractivity contribution is 7.89. The number of carboxylic acid groups (broad SMARTS) is 1. The summed E-state index contributed by atoms with van der Waals surface area (Å²) >= 11 is 0. The van der Waals surface area contributed by atoms with Gasteiger partial charge in [0.15, 0.2) is 0 Å². The molecule has 2 aromatic carbocycles. The van der Waals surface area contributed by atoms with Gasteiger partial charge in [0.25, 0.3) is 5.91 Å². The molecule has 1 fully saturated rings. The number of carboxylic acids is 1. The summed E-state index contributed by atoms with van der Waals surface area (Å²) in [5.74, 6) is -1.56. The van der Waals surface area contributed by atoms with Crippen molar-refractivity contribution in [3.8, 4) is 0 Å². The third kappa shape index (κ3) is 4.01. The molecule has 7 nitrogen and oxygen atoms in total. The minimum atomic E-state index is -3.58. The third-order valence-electron chi connectivity index (χ3n) is 4.55. The first-order chi connectivity index (χ1) is 12.8. The van der Waals surface area contributed by atoms with Crippen LogP contribution in [-0.4, -0.2) is 55.7 Å². The Bertz CT molecular complexity index is 945. The zero-order chi connectivity index (χ0) is 19.6. The molecule has 1 amide bonds. The van der Waals surface area contributed by atoms with Crippen LogP contribution in [-0.2, 0) is 10.0 Å². The number of aromatic carboxylic acids is 1. The molecule has 0 N–H and O–H groups in total. The molecule has 27 heavy (non-hydrogen) atoms. The van der Waals surface area contributed by atoms with Crippen LogP contribution in [0, 0.1) is 6.92 Å². The van der Waals surface area contributed by atoms with E-state index in [0.717, 1.165) is 5.56 Å². The fraction of sp³-hybridized carbons (Fsp3) is 0.263. The van der Waals surface area contributed by atoms with E-state index >= 15 is 0 Å². The van der Waals surface area contributed by atoms with Crippen LogP contribution in [0.1, 0.15) is 26.3 Å². The first-order valence-corrected chi connectivity index (χ1v) is 9.90. The van der Waals surface area contributed by atoms with E-state index in [9.17, 15) is 23.1 Å². The van der Waals surface area contributed by atoms with Crippen LogP contribution >= 0.6 is 0 Å². The summed E-state index contributed by atoms with van der Waals surface area (Å²) in [7, 11) is -3.58. The van der Waals surface area contributed by atoms with E-state index in [1.54, 1.807) is 29.2 Å². The highest BCUT2D eigenvalue weighted by Gasteiger charge is 2.30. The Kier molecular flexibility index (Phi) is 5.29. The first-order valence-electron chi connectivity index (χ1n) is 8.46. The van der Waals surface area contributed by atoms with Crippen molar-refractivity contribution in [1.29, 1.82) is 0 Å². The van der Waals surface area contributed by atoms with Crippen molar-refractivity contribution in [1.82, 2.24) is 9.21 Å². The van der Waals surface area contributed by atoms with Crippen LogP contribution in [0.2, 0.25) is 0 Å². The number of piperazine rings is 1. The monoisotopic (exact) mass is 387 g/mol. The minimum Gasteiger partial charge on any atom is -0.545 e. The van der Waals surface area contributed by atoms with Gasteiger partial charge in [-0.1, -0.05) is 29.8 Å². The van der Waals surface area contributed by atoms with E-state index in [4.69, 9.17) is 0 Å². The van der Waals surface area contributed by atoms with Gasteiger partial charge in [0, 0.05) is 31.7 Å². The lowest BCUT2D eigenvalue weighted by Gasteiger charge is -2.34. The Morgan fingerprint density at radius 3 is 1.89 bits per heavy atom. The van der Waals surface area contributed by atoms with Crippen molar-refractivity contribution in [2.24, 2.45) is 0 Å². The summed E-state index contributed by atoms with van der Waals surface area (Å²) < 4.78 is 26.8. The lowest BCUT2D eigenvalue weighted by atomic mass is 10.1. The van der Waals surface area contributed by atoms with Crippen LogP contribution in [0.4, 0.5) is 0 Å². The lowest BCUT2D eigenvalue weighted by molar-refractivity contribution is -0.255. The Balaban J connectivity index is 1.66. The number of carbonyl (C=O) groups excluding carboxylic acids is 2. The van der Waals surface area contributed by atoms with Crippen molar-refractivity contribution < 1.29 is 23.1 Å². The molecule has 0 saturated carbocycles. The molecule has 0 radical (unpaired) electrons. The minimum absolute atomic E-state index is 0.000519. The summed E-state index contributed by atoms with van der Waals surface area (Å²) in [4.78, 5) is 25.1. The summed E-state index contributed by atoms with van der Waals surface area (Å²) in [6.07, 6.45) is 0. The molecule has 3 rings (SSSR count). The van der Waals surface area contributed by atoms with Crippen molar-refractivity contribution in [3.63, 3.8) is 0 Å². The maximum atomic E-state index is 12.7. The Morgan fingerprint density at radius 1 is 0.852 bits per heavy atom. The molecule has 1 aliphatic rings. The van der Waals surface area contributed by atoms with Gasteiger partial charge in [0.2, 0.25) is 10.0 Å². The summed E-state index contributed by atoms with van der Waals surface area (Å²) in [5.41, 5.74) is 1.34. The van der Waals surface area contributed by atoms with Crippen LogP contribution in [0.25, 0.3) is 0 Å². The molecule has 142 valence electrons. The summed E-state index contributed by atoms with van der Waals surface area (Å²) in [6, 6.07) is 12.2. The number of sulfonamides is 1. The second-order valence-corrected chi connectivity index (χ2v) is 8.31. The van der Waals surface area contributed by atoms with Crippen LogP contribution < -0.4 is 5.11 Å². The van der Waals surface area contributed by atoms with E-state index < -0.39 is 16.0 Å². The molecule has 0 aromatic heterocycles. The van der Waals surface area contributed by atoms with Crippen molar-refractivity contribution in [2.75, 3.05) is 26.2 Å². The fourth-order valence-corrected chi connectivity index (χ4v) is 4.34. The molecule has 0 atom stereocenters. The van der Waals surface area contributed by atoms with Gasteiger partial charge in [-0.25, -0.2) is 8.42 Å². The quantitative estimate of drug-likeness (QED) is 0.761. The topological polar surface area (TPSA) is 97.8 Å². The number of carbonyl (C=O) groups is 2. The number of nitrogens with zero attached hydrogens (tertiary/aromatic N) is 2. The Morgan fingerprint density at radius 2 is 1.37 bits per heavy atom. The van der Waals surface area contributed by atoms with Gasteiger partial charge in [0.1, 0.15) is 0 Å². The second kappa shape index (κ2) is 7.50. The van der Waals surface area contributed by atoms with Crippen LogP contribution in [0.3, 0.4) is 0 Å². The molecular weight excluding hydrogens is 368 g/mol. The zero-order valence-corrected chi connectivity index (χ0v) is 15.6. The largest absolute Gasteiger partial charge is 0.545 e. The van der Waals surface area contributed by atoms with Gasteiger partial charge in [0.05, 0.1) is 10.9 Å². The maximum absolute atomic E-state index is 12.7. The summed E-state index contributed by atoms with van der Waals surface area (Å²) in [5, 5.41) is 10.8. The van der Waals surface area contributed by atoms with E-state index in [2.05, 4.69) is 0 Å². The maximum Gasteiger partial charge on any atom is 0.253 e. The van der Waals surface area contributed by atoms with Crippen molar-refractivity contribution in [2.45, 2.75) is 11.8 Å². The fourth-order valence-electron chi connectivity index (χ4n) is 2.92. The molecule has 2 aromatic rings. The molecular formula is C19H19N2O5S-. The lowest BCUT2D eigenvalue weighted by Crippen LogP contribution is -2.50. The molecule has 0 unspecified atom stereocenters. The van der Waals surface area contributed by atoms with Gasteiger partial charge >= 0.3 is 0 Å². The number of hydrogen-bond donors (Lipinski definition) is 0. The van der Waals surface area contributed by atoms with Gasteiger partial charge in [-0.3, -0.25) is 4.79 Å². The van der Waals surface area contributed by atoms with Crippen molar-refractivity contribution in [3.05, 3.63) is 65.2 Å². The molecule has 1 aliphatic heterocycles. The summed E-state index contributed by atoms with van der Waals surface area (Å²) in [6.45, 7) is 2.84. The SMILES string of the molecule is Cc1ccc(S(=O)(=O)N2CCN(C(=O)c3ccc(C(=O)[O-])cc3)CC2)cc1. The van der Waals surface area contributed by atoms with E-state index in [1.807, 2.05) is 6.92 Å². The van der Waals surface area contributed by atoms with E-state index in [1.165, 1.54) is 28.6 Å². The number of rotatable bonds is 4. The first kappa shape index (κ1) is 19.1. The molecule has 0 spiro atoms. The van der Waals surface area contributed by atoms with E-state index in [0.29, 0.717) is 5.56 Å². The highest BCUT2D eigenvalue weighted by Crippen LogP contribution is 2.19. The number of benzene rings is 2. The van der Waals surface area contributed by atoms with Crippen molar-refractivity contribution >= 4 is 21.9 Å². The number of hydrogen-bond acceptors (Lipinski definition) is 5. The molecule has 1 heterocycles. The molecule has 8 heteroatoms. The Hall–Kier alpha value is -2.71. The van der Waals surface area contributed by atoms with Gasteiger partial charge in [-0.2, -0.15) is 4.31 Å². The smallest absolute Gasteiger partial charge is 0.253 e. The Labute approximate surface area is 157 Å². The normalized spacial score (nSPS) is 15.5. The standard InChI is InChI=1S/C19H20N2O5S/c1-14-2-8-17(9-3-14)27(25,26)21-12-10-20(11-13-21)18(22)15-4-6-16(7-5-15)19(23)24/h2-9H,10-13H2,1H3,(H,23,24)/p-1. The number of aryl methyl sites for hydroxylation is 1. The zero-order valence-electron chi connectivity index (χ0n) is 14.8. The average molecular weight is 387 g/mol. The second-order valence-electron chi connectivity index (χ2n) is 6.37. The molecule has 0 aliphatic carbocycles. The third-order valence-corrected chi connectivity index (χ3v) is 6.47. The predicted octanol–water partition coefficient (Wildman–Crippen LogP) is 0.505. The van der Waals surface area contributed by atoms with Gasteiger partial charge in [-0.15, -0.1) is 0 Å². The molecule has 0 bridgehead atoms. The van der Waals surface area contributed by atoms with Crippen LogP contribution in [0.5, 0.6) is 0 Å². The number of amides is 1.